The number of hydrogen-bond acceptors (Lipinski definition) is 20. The van der Waals surface area contributed by atoms with Gasteiger partial charge in [0.05, 0.1) is 25.3 Å². The Balaban J connectivity index is 0.000000174. The lowest BCUT2D eigenvalue weighted by Crippen LogP contribution is -2.44. The Morgan fingerprint density at radius 2 is 0.845 bits per heavy atom. The molecule has 0 spiro atoms. The van der Waals surface area contributed by atoms with Crippen molar-refractivity contribution in [1.29, 1.82) is 0 Å². The number of pyridine rings is 1. The van der Waals surface area contributed by atoms with E-state index in [4.69, 9.17) is 46.4 Å². The molecular weight excluding hydrogens is 1520 g/mol. The summed E-state index contributed by atoms with van der Waals surface area (Å²) in [5.74, 6) is -0.911. The summed E-state index contributed by atoms with van der Waals surface area (Å²) in [6, 6.07) is 43.3. The molecular formula is C70H73Cl4N11O12S6. The number of fused-ring (bicyclic) bond motifs is 1. The van der Waals surface area contributed by atoms with Gasteiger partial charge in [0.1, 0.15) is 35.6 Å². The molecule has 6 aromatic carbocycles. The number of aryl methyl sites for hydroxylation is 1. The van der Waals surface area contributed by atoms with E-state index in [9.17, 15) is 52.8 Å². The van der Waals surface area contributed by atoms with Gasteiger partial charge in [-0.3, -0.25) is 34.5 Å². The average Bonchev–Trinajstić information content (AvgIpc) is 1.62. The Bertz CT molecular complexity index is 5240. The van der Waals surface area contributed by atoms with Gasteiger partial charge < -0.3 is 10.6 Å². The summed E-state index contributed by atoms with van der Waals surface area (Å²) in [6.45, 7) is 16.9. The molecule has 103 heavy (non-hydrogen) atoms. The lowest BCUT2D eigenvalue weighted by molar-refractivity contribution is -0.118. The van der Waals surface area contributed by atoms with Crippen LogP contribution in [0.2, 0.25) is 20.1 Å². The number of halogens is 4. The van der Waals surface area contributed by atoms with Crippen molar-refractivity contribution in [3.8, 4) is 11.4 Å². The van der Waals surface area contributed by atoms with Crippen molar-refractivity contribution in [2.45, 2.75) is 139 Å². The SMILES string of the molecule is CC(C)(C(=O)Nc1cc2ccccc2cn1)S(=O)(=O)c1ccc(Cl)cc1.CC(C)(C(=O)Nc1nc(-c2ccccc2)ns1)S(=O)(=O)c1ccc(Cl)cc1.CC(C)(C)c1nnc(NC(=O)C(C)(C)S(=O)(=O)c2ccc(Cl)cc2)s1.Cn1nc(C2CC2)cc1NC(=O)C(C)(C)S(=O)(=O)c1ccc(Cl)cc1. The summed E-state index contributed by atoms with van der Waals surface area (Å²) in [7, 11) is -13.9. The number of rotatable bonds is 18. The van der Waals surface area contributed by atoms with Gasteiger partial charge in [-0.2, -0.15) is 14.5 Å². The van der Waals surface area contributed by atoms with Crippen LogP contribution in [0.25, 0.3) is 22.2 Å². The number of anilines is 4. The van der Waals surface area contributed by atoms with Crippen molar-refractivity contribution in [3.63, 3.8) is 0 Å². The van der Waals surface area contributed by atoms with E-state index in [2.05, 4.69) is 50.9 Å². The smallest absolute Gasteiger partial charge is 0.247 e. The summed E-state index contributed by atoms with van der Waals surface area (Å²) in [5, 5.41) is 27.6. The monoisotopic (exact) mass is 1590 g/mol. The van der Waals surface area contributed by atoms with E-state index in [-0.39, 0.29) is 35.3 Å². The maximum atomic E-state index is 12.9. The lowest BCUT2D eigenvalue weighted by atomic mass is 9.98. The topological polar surface area (TPSA) is 335 Å². The molecule has 0 aliphatic heterocycles. The molecule has 4 aromatic heterocycles. The first kappa shape index (κ1) is 80.6. The molecule has 1 aliphatic carbocycles. The van der Waals surface area contributed by atoms with Crippen molar-refractivity contribution in [1.82, 2.24) is 34.3 Å². The normalized spacial score (nSPS) is 13.0. The van der Waals surface area contributed by atoms with Crippen LogP contribution in [-0.4, -0.2) is 111 Å². The van der Waals surface area contributed by atoms with Gasteiger partial charge >= 0.3 is 0 Å². The standard InChI is InChI=1S/C19H17ClN2O3S.C18H16ClN3O3S2.C17H20ClN3O3S.C16H20ClN3O3S2/c1-19(2,26(24,25)16-9-7-15(20)8-10-16)18(23)22-17-11-13-5-3-4-6-14(13)12-21-17;1-18(2,27(24,25)14-10-8-13(19)9-11-14)16(23)21-17-20-15(22-26-17)12-6-4-3-5-7-12;1-17(2,25(23,24)13-8-6-12(18)7-9-13)16(22)19-15-10-14(11-4-5-11)20-21(15)3;1-15(2,3)13-19-20-14(24-13)18-12(21)16(4,5)25(22,23)11-8-6-10(17)7-9-11/h3-12H,1-2H3,(H,21,22,23);3-11H,1-2H3,(H,20,21,22,23);6-11H,4-5H2,1-3H3,(H,19,22);6-9H,1-5H3,(H,18,20,21). The Labute approximate surface area is 626 Å². The lowest BCUT2D eigenvalue weighted by Gasteiger charge is -2.23. The molecule has 1 saturated carbocycles. The summed E-state index contributed by atoms with van der Waals surface area (Å²) in [4.78, 5) is 59.3. The molecule has 0 saturated heterocycles. The summed E-state index contributed by atoms with van der Waals surface area (Å²) in [6.07, 6.45) is 3.83. The maximum absolute atomic E-state index is 12.9. The molecule has 0 unspecified atom stereocenters. The molecule has 544 valence electrons. The zero-order chi connectivity index (χ0) is 76.1. The van der Waals surface area contributed by atoms with E-state index < -0.39 is 82.0 Å². The minimum atomic E-state index is -3.93. The molecule has 0 bridgehead atoms. The average molecular weight is 1590 g/mol. The van der Waals surface area contributed by atoms with Crippen LogP contribution in [0, 0.1) is 0 Å². The first-order valence-corrected chi connectivity index (χ1v) is 40.3. The Morgan fingerprint density at radius 3 is 1.24 bits per heavy atom. The molecule has 33 heteroatoms. The Kier molecular flexibility index (Phi) is 24.8. The van der Waals surface area contributed by atoms with Gasteiger partial charge in [0.25, 0.3) is 0 Å². The number of sulfone groups is 4. The number of aromatic nitrogens is 7. The fourth-order valence-corrected chi connectivity index (χ4v) is 16.4. The molecule has 4 N–H and O–H groups in total. The van der Waals surface area contributed by atoms with Crippen molar-refractivity contribution >= 4 is 165 Å². The molecule has 11 rings (SSSR count). The highest BCUT2D eigenvalue weighted by atomic mass is 35.5. The minimum Gasteiger partial charge on any atom is -0.310 e. The second kappa shape index (κ2) is 31.7. The van der Waals surface area contributed by atoms with Crippen LogP contribution in [0.3, 0.4) is 0 Å². The minimum absolute atomic E-state index is 0.0225. The molecule has 23 nitrogen and oxygen atoms in total. The third kappa shape index (κ3) is 18.5. The third-order valence-corrected chi connectivity index (χ3v) is 28.9. The van der Waals surface area contributed by atoms with Crippen molar-refractivity contribution in [2.75, 3.05) is 21.3 Å². The number of benzene rings is 6. The van der Waals surface area contributed by atoms with E-state index in [0.717, 1.165) is 51.4 Å². The van der Waals surface area contributed by atoms with Crippen LogP contribution in [0.4, 0.5) is 21.9 Å². The predicted molar refractivity (Wildman–Crippen MR) is 406 cm³/mol. The number of hydrogen-bond donors (Lipinski definition) is 4. The highest BCUT2D eigenvalue weighted by Gasteiger charge is 2.47. The molecule has 0 radical (unpaired) electrons. The quantitative estimate of drug-likeness (QED) is 0.0620. The van der Waals surface area contributed by atoms with Gasteiger partial charge in [-0.15, -0.1) is 10.2 Å². The largest absolute Gasteiger partial charge is 0.310 e. The summed E-state index contributed by atoms with van der Waals surface area (Å²) >= 11 is 25.4. The fraction of sp³-hybridized carbons (Fsp3) is 0.286. The molecule has 4 amide bonds. The van der Waals surface area contributed by atoms with E-state index >= 15 is 0 Å². The predicted octanol–water partition coefficient (Wildman–Crippen LogP) is 15.0. The number of carbonyl (C=O) groups excluding carboxylic acids is 4. The van der Waals surface area contributed by atoms with Gasteiger partial charge in [0.2, 0.25) is 33.9 Å². The van der Waals surface area contributed by atoms with Crippen LogP contribution in [0.5, 0.6) is 0 Å². The van der Waals surface area contributed by atoms with Crippen LogP contribution in [0.1, 0.15) is 106 Å². The highest BCUT2D eigenvalue weighted by Crippen LogP contribution is 2.41. The van der Waals surface area contributed by atoms with Gasteiger partial charge in [0.15, 0.2) is 45.2 Å². The highest BCUT2D eigenvalue weighted by molar-refractivity contribution is 7.94. The van der Waals surface area contributed by atoms with Crippen molar-refractivity contribution < 1.29 is 52.8 Å². The molecule has 10 aromatic rings. The zero-order valence-corrected chi connectivity index (χ0v) is 65.6. The second-order valence-corrected chi connectivity index (χ2v) is 39.9. The Hall–Kier alpha value is -8.10. The number of nitrogens with one attached hydrogen (secondary N) is 4. The molecule has 0 atom stereocenters. The number of amides is 4. The van der Waals surface area contributed by atoms with Gasteiger partial charge in [-0.1, -0.05) is 133 Å². The summed E-state index contributed by atoms with van der Waals surface area (Å²) < 4.78 is 102. The first-order chi connectivity index (χ1) is 47.9. The third-order valence-electron chi connectivity index (χ3n) is 16.3. The Morgan fingerprint density at radius 1 is 0.466 bits per heavy atom. The van der Waals surface area contributed by atoms with Gasteiger partial charge in [-0.05, 0) is 177 Å². The van der Waals surface area contributed by atoms with Gasteiger partial charge in [-0.25, -0.2) is 38.7 Å². The number of nitrogens with zero attached hydrogens (tertiary/aromatic N) is 7. The molecule has 4 heterocycles. The van der Waals surface area contributed by atoms with Crippen LogP contribution < -0.4 is 21.3 Å². The fourth-order valence-electron chi connectivity index (χ4n) is 9.04. The van der Waals surface area contributed by atoms with Crippen molar-refractivity contribution in [2.24, 2.45) is 7.05 Å². The van der Waals surface area contributed by atoms with E-state index in [1.165, 1.54) is 164 Å². The van der Waals surface area contributed by atoms with Crippen molar-refractivity contribution in [3.05, 3.63) is 201 Å². The van der Waals surface area contributed by atoms with E-state index in [1.807, 2.05) is 75.4 Å². The van der Waals surface area contributed by atoms with Crippen LogP contribution in [-0.2, 0) is 71.0 Å². The zero-order valence-electron chi connectivity index (χ0n) is 57.6. The number of carbonyl (C=O) groups is 4. The molecule has 1 aliphatic rings. The van der Waals surface area contributed by atoms with E-state index in [1.54, 1.807) is 30.1 Å². The van der Waals surface area contributed by atoms with Crippen LogP contribution >= 0.6 is 69.3 Å². The first-order valence-electron chi connectivity index (χ1n) is 31.3. The van der Waals surface area contributed by atoms with E-state index in [0.29, 0.717) is 43.5 Å². The van der Waals surface area contributed by atoms with Gasteiger partial charge in [0, 0.05) is 73.2 Å². The van der Waals surface area contributed by atoms with Crippen LogP contribution in [0.15, 0.2) is 190 Å². The maximum Gasteiger partial charge on any atom is 0.247 e. The molecule has 1 fully saturated rings. The summed E-state index contributed by atoms with van der Waals surface area (Å²) in [5.41, 5.74) is 1.53. The second-order valence-electron chi connectivity index (χ2n) is 26.4.